The van der Waals surface area contributed by atoms with Gasteiger partial charge in [0.05, 0.1) is 36.5 Å². The fourth-order valence-corrected chi connectivity index (χ4v) is 8.61. The number of rotatable bonds is 12. The number of likely N-dealkylation sites (N-methyl/N-ethyl adjacent to an activating group) is 2. The molecule has 0 radical (unpaired) electrons. The van der Waals surface area contributed by atoms with E-state index in [4.69, 9.17) is 19.5 Å². The van der Waals surface area contributed by atoms with E-state index in [1.165, 1.54) is 77.7 Å². The number of hydrogen-bond acceptors (Lipinski definition) is 17. The predicted octanol–water partition coefficient (Wildman–Crippen LogP) is -1.38. The fourth-order valence-electron chi connectivity index (χ4n) is 8.61. The van der Waals surface area contributed by atoms with Crippen molar-refractivity contribution in [2.24, 2.45) is 0 Å². The smallest absolute Gasteiger partial charge is 1.00 e. The molecule has 4 aliphatic heterocycles. The minimum absolute atomic E-state index is 0. The van der Waals surface area contributed by atoms with Crippen LogP contribution in [0, 0.1) is 26.0 Å². The summed E-state index contributed by atoms with van der Waals surface area (Å²) >= 11 is 0. The van der Waals surface area contributed by atoms with Gasteiger partial charge in [-0.1, -0.05) is 0 Å². The molecule has 2 aromatic heterocycles. The molecule has 21 nitrogen and oxygen atoms in total. The molecule has 4 aromatic rings. The molecule has 0 aliphatic carbocycles. The first-order chi connectivity index (χ1) is 33.1. The number of nitrogens with zero attached hydrogens (tertiary/aromatic N) is 11. The first-order valence-corrected chi connectivity index (χ1v) is 22.2. The summed E-state index contributed by atoms with van der Waals surface area (Å²) < 4.78 is 75.7. The van der Waals surface area contributed by atoms with E-state index in [0.29, 0.717) is 26.5 Å². The molecule has 1 N–H and O–H groups in total. The van der Waals surface area contributed by atoms with Gasteiger partial charge in [0.2, 0.25) is 0 Å². The summed E-state index contributed by atoms with van der Waals surface area (Å²) in [5, 5.41) is 41.3. The van der Waals surface area contributed by atoms with Crippen molar-refractivity contribution in [3.63, 3.8) is 0 Å². The summed E-state index contributed by atoms with van der Waals surface area (Å²) in [4.78, 5) is 44.5. The van der Waals surface area contributed by atoms with E-state index in [-0.39, 0.29) is 139 Å². The van der Waals surface area contributed by atoms with E-state index in [1.54, 1.807) is 6.07 Å². The number of nitro benzene ring substituents is 2. The van der Waals surface area contributed by atoms with Crippen LogP contribution in [0.3, 0.4) is 0 Å². The molecule has 2 aromatic carbocycles. The Morgan fingerprint density at radius 2 is 1.10 bits per heavy atom. The second-order valence-corrected chi connectivity index (χ2v) is 16.6. The number of hydrogen-bond donors (Lipinski definition) is 1. The van der Waals surface area contributed by atoms with Gasteiger partial charge in [0.1, 0.15) is 5.82 Å². The number of methoxy groups -OCH3 is 2. The van der Waals surface area contributed by atoms with Crippen molar-refractivity contribution in [2.75, 3.05) is 112 Å². The molecule has 0 atom stereocenters. The molecule has 0 amide bonds. The average molecular weight is 1060 g/mol. The summed E-state index contributed by atoms with van der Waals surface area (Å²) in [5.74, 6) is -0.935. The van der Waals surface area contributed by atoms with Crippen LogP contribution < -0.4 is 128 Å². The van der Waals surface area contributed by atoms with Crippen LogP contribution in [0.2, 0.25) is 0 Å². The van der Waals surface area contributed by atoms with Gasteiger partial charge in [-0.3, -0.25) is 34.8 Å². The van der Waals surface area contributed by atoms with Gasteiger partial charge in [-0.2, -0.15) is 27.8 Å². The second kappa shape index (κ2) is 31.2. The van der Waals surface area contributed by atoms with Gasteiger partial charge in [0.25, 0.3) is 6.47 Å². The quantitative estimate of drug-likeness (QED) is 0.0432. The summed E-state index contributed by atoms with van der Waals surface area (Å²) in [7, 11) is 6.91. The van der Waals surface area contributed by atoms with Crippen LogP contribution in [-0.4, -0.2) is 174 Å². The molecule has 8 rings (SSSR count). The largest absolute Gasteiger partial charge is 1.00 e. The number of piperazine rings is 2. The van der Waals surface area contributed by atoms with Crippen LogP contribution in [0.1, 0.15) is 40.2 Å². The third kappa shape index (κ3) is 17.9. The number of carbonyl (C=O) groups excluding carboxylic acids is 1. The van der Waals surface area contributed by atoms with Crippen LogP contribution in [0.15, 0.2) is 49.1 Å². The van der Waals surface area contributed by atoms with Crippen molar-refractivity contribution in [1.82, 2.24) is 44.5 Å². The Hall–Kier alpha value is -2.79. The second-order valence-electron chi connectivity index (χ2n) is 16.6. The Labute approximate surface area is 494 Å². The van der Waals surface area contributed by atoms with Gasteiger partial charge in [-0.25, -0.2) is 13.8 Å². The zero-order chi connectivity index (χ0) is 50.2. The monoisotopic (exact) mass is 1060 g/mol. The van der Waals surface area contributed by atoms with Crippen molar-refractivity contribution < 1.29 is 160 Å². The topological polar surface area (TPSA) is 218 Å². The molecule has 0 bridgehead atoms. The molecule has 71 heavy (non-hydrogen) atoms. The van der Waals surface area contributed by atoms with Gasteiger partial charge in [-0.05, 0) is 52.9 Å². The number of piperidine rings is 2. The maximum Gasteiger partial charge on any atom is 1.00 e. The number of alkyl halides is 4. The Morgan fingerprint density at radius 1 is 0.690 bits per heavy atom. The normalized spacial score (nSPS) is 17.3. The minimum Gasteiger partial charge on any atom is -1.00 e. The molecule has 382 valence electrons. The van der Waals surface area contributed by atoms with Crippen LogP contribution >= 0.6 is 0 Å². The van der Waals surface area contributed by atoms with Crippen molar-refractivity contribution in [1.29, 1.82) is 0 Å². The zero-order valence-electron chi connectivity index (χ0n) is 41.8. The molecular formula is C43H59F5K2N12O9. The van der Waals surface area contributed by atoms with Gasteiger partial charge >= 0.3 is 127 Å². The minimum atomic E-state index is -2.87. The number of carbonyl (C=O) groups is 1. The number of ether oxygens (including phenoxy) is 2. The molecule has 4 fully saturated rings. The molecule has 0 saturated carbocycles. The first kappa shape index (κ1) is 62.5. The summed E-state index contributed by atoms with van der Waals surface area (Å²) in [6, 6.07) is 6.16. The van der Waals surface area contributed by atoms with Crippen molar-refractivity contribution in [2.45, 2.75) is 50.9 Å². The summed E-state index contributed by atoms with van der Waals surface area (Å²) in [6.07, 6.45) is 9.08. The average Bonchev–Trinajstić information content (AvgIpc) is 4.07. The van der Waals surface area contributed by atoms with Crippen LogP contribution in [0.4, 0.5) is 39.0 Å². The molecule has 0 unspecified atom stereocenters. The van der Waals surface area contributed by atoms with Gasteiger partial charge in [0.15, 0.2) is 11.5 Å². The summed E-state index contributed by atoms with van der Waals surface area (Å²) in [5.41, 5.74) is 0.780. The number of aromatic nitrogens is 4. The van der Waals surface area contributed by atoms with E-state index in [9.17, 15) is 42.2 Å². The van der Waals surface area contributed by atoms with Crippen molar-refractivity contribution >= 4 is 23.5 Å². The summed E-state index contributed by atoms with van der Waals surface area (Å²) in [6.45, 7) is 7.47. The van der Waals surface area contributed by atoms with E-state index in [2.05, 4.69) is 59.0 Å². The van der Waals surface area contributed by atoms with Gasteiger partial charge in [-0.15, -0.1) is 0 Å². The molecule has 4 aliphatic rings. The van der Waals surface area contributed by atoms with Crippen molar-refractivity contribution in [3.05, 3.63) is 75.1 Å². The van der Waals surface area contributed by atoms with Gasteiger partial charge < -0.3 is 41.1 Å². The SMILES string of the molecule is CN1CCN(C2CCNCC2)CC1.COc1cc(F)c(-c2cnn(C(F)F)c2)cc1[N+](=O)[O-].COc1cc(N2CCC(N3CCN(C)CC3)CC2)c(-c2cnn(C(F)F)c2)cc1[N+](=O)[O-].O=CO[O-].[H-].[K+].[K+]. The number of nitro groups is 2. The Bertz CT molecular complexity index is 2280. The van der Waals surface area contributed by atoms with E-state index >= 15 is 0 Å². The fraction of sp³-hybridized carbons (Fsp3) is 0.558. The number of halogens is 5. The molecular weight excluding hydrogens is 1000 g/mol. The van der Waals surface area contributed by atoms with E-state index in [0.717, 1.165) is 95.5 Å². The van der Waals surface area contributed by atoms with E-state index < -0.39 is 34.4 Å². The number of benzene rings is 2. The number of anilines is 1. The molecule has 28 heteroatoms. The van der Waals surface area contributed by atoms with Crippen molar-refractivity contribution in [3.8, 4) is 33.8 Å². The zero-order valence-corrected chi connectivity index (χ0v) is 47.0. The molecule has 0 spiro atoms. The Morgan fingerprint density at radius 3 is 1.49 bits per heavy atom. The first-order valence-electron chi connectivity index (χ1n) is 22.2. The molecule has 6 heterocycles. The standard InChI is InChI=1S/C21H28F2N6O3.C11H8F3N3O3.C10H21N3.CH2O3.2K.H/c1-25-7-9-26(10-8-25)16-3-5-27(6-4-16)18-12-20(32-2)19(29(30)31)11-17(18)15-13-24-28(14-15)21(22)23;1-20-10-3-8(12)7(2-9(10)17(18)19)6-4-15-16(5-6)11(13)14;1-12-6-8-13(9-7-12)10-2-4-11-5-3-10;2-1-4-3;;;/h11-14,16,21H,3-10H2,1-2H3;2-5,11H,1H3;10-11H,2-9H2,1H3;1,3H;;;/q;;;;2*+1;-1/p-1. The van der Waals surface area contributed by atoms with Crippen LogP contribution in [0.5, 0.6) is 11.5 Å². The van der Waals surface area contributed by atoms with Crippen LogP contribution in [-0.2, 0) is 9.68 Å². The maximum atomic E-state index is 13.8. The third-order valence-electron chi connectivity index (χ3n) is 12.4. The van der Waals surface area contributed by atoms with Gasteiger partial charge in [0, 0.05) is 142 Å². The molecule has 4 saturated heterocycles. The number of nitrogens with one attached hydrogen (secondary N) is 1. The Balaban J connectivity index is 0.000000380. The maximum absolute atomic E-state index is 13.8. The van der Waals surface area contributed by atoms with E-state index in [1.807, 2.05) is 0 Å². The Kier molecular flexibility index (Phi) is 27.5. The predicted molar refractivity (Wildman–Crippen MR) is 242 cm³/mol. The third-order valence-corrected chi connectivity index (χ3v) is 12.4. The van der Waals surface area contributed by atoms with Crippen LogP contribution in [0.25, 0.3) is 22.3 Å².